The fraction of sp³-hybridized carbons (Fsp3) is 0.0476. The third kappa shape index (κ3) is 4.95. The van der Waals surface area contributed by atoms with E-state index < -0.39 is 11.0 Å². The molecule has 2 N–H and O–H groups in total. The Balaban J connectivity index is 1.57. The first-order valence-electron chi connectivity index (χ1n) is 9.31. The van der Waals surface area contributed by atoms with Gasteiger partial charge < -0.3 is 4.84 Å². The molecule has 2 heterocycles. The highest BCUT2D eigenvalue weighted by Crippen LogP contribution is 2.28. The van der Waals surface area contributed by atoms with Crippen molar-refractivity contribution in [2.75, 3.05) is 11.9 Å². The molecule has 10 nitrogen and oxygen atoms in total. The summed E-state index contributed by atoms with van der Waals surface area (Å²) in [4.78, 5) is 41.2. The Labute approximate surface area is 190 Å². The van der Waals surface area contributed by atoms with E-state index in [0.717, 1.165) is 4.47 Å². The molecule has 1 aromatic heterocycles. The van der Waals surface area contributed by atoms with Crippen molar-refractivity contribution in [2.24, 2.45) is 9.98 Å². The van der Waals surface area contributed by atoms with E-state index in [1.807, 2.05) is 6.07 Å². The molecule has 160 valence electrons. The molecule has 0 bridgehead atoms. The summed E-state index contributed by atoms with van der Waals surface area (Å²) in [6.45, 7) is 0.0402. The minimum atomic E-state index is -0.743. The van der Waals surface area contributed by atoms with Gasteiger partial charge in [0.1, 0.15) is 6.54 Å². The lowest BCUT2D eigenvalue weighted by Gasteiger charge is -2.09. The highest BCUT2D eigenvalue weighted by atomic mass is 79.9. The van der Waals surface area contributed by atoms with Gasteiger partial charge in [0.2, 0.25) is 0 Å². The first-order chi connectivity index (χ1) is 15.5. The molecule has 0 unspecified atom stereocenters. The second-order valence-corrected chi connectivity index (χ2v) is 7.44. The van der Waals surface area contributed by atoms with Crippen molar-refractivity contribution in [1.29, 1.82) is 0 Å². The van der Waals surface area contributed by atoms with E-state index in [1.54, 1.807) is 42.6 Å². The van der Waals surface area contributed by atoms with Crippen LogP contribution in [0.15, 0.2) is 81.3 Å². The summed E-state index contributed by atoms with van der Waals surface area (Å²) in [5.41, 5.74) is 4.83. The van der Waals surface area contributed by atoms with Crippen molar-refractivity contribution in [3.8, 4) is 0 Å². The second kappa shape index (κ2) is 9.35. The molecule has 1 aliphatic heterocycles. The Kier molecular flexibility index (Phi) is 6.17. The first-order valence-corrected chi connectivity index (χ1v) is 10.1. The van der Waals surface area contributed by atoms with Crippen LogP contribution < -0.4 is 10.8 Å². The Hall–Kier alpha value is -4.12. The lowest BCUT2D eigenvalue weighted by molar-refractivity contribution is -0.384. The number of carbonyl (C=O) groups is 1. The fourth-order valence-corrected chi connectivity index (χ4v) is 3.34. The monoisotopic (exact) mass is 494 g/mol. The van der Waals surface area contributed by atoms with E-state index in [4.69, 9.17) is 4.84 Å². The summed E-state index contributed by atoms with van der Waals surface area (Å²) in [5.74, 6) is 0.246. The van der Waals surface area contributed by atoms with Crippen LogP contribution in [0.5, 0.6) is 0 Å². The predicted molar refractivity (Wildman–Crippen MR) is 122 cm³/mol. The smallest absolute Gasteiger partial charge is 0.323 e. The van der Waals surface area contributed by atoms with Crippen molar-refractivity contribution in [3.63, 3.8) is 0 Å². The molecule has 0 aliphatic carbocycles. The number of nitro benzene ring substituents is 1. The Bertz CT molecular complexity index is 1250. The number of aliphatic imine (C=N–C) groups is 2. The number of pyridine rings is 1. The number of amides is 1. The number of hydrogen-bond acceptors (Lipinski definition) is 8. The van der Waals surface area contributed by atoms with Gasteiger partial charge in [-0.2, -0.15) is 0 Å². The van der Waals surface area contributed by atoms with Crippen LogP contribution in [0.3, 0.4) is 0 Å². The molecule has 0 spiro atoms. The summed E-state index contributed by atoms with van der Waals surface area (Å²) in [7, 11) is 0. The van der Waals surface area contributed by atoms with E-state index in [-0.39, 0.29) is 18.1 Å². The number of rotatable bonds is 3. The van der Waals surface area contributed by atoms with Gasteiger partial charge in [0.05, 0.1) is 22.0 Å². The van der Waals surface area contributed by atoms with Crippen LogP contribution in [0.1, 0.15) is 11.3 Å². The standard InChI is InChI=1S/C21H15BrN6O4/c22-13-4-3-5-14(10-13)25-21(29)32-27-19-12-24-20(18-6-1-2-9-23-18)16-11-15(28(30)31)7-8-17(16)26-19/h1-11H,12H2,(H,25,29)(H,26,27). The van der Waals surface area contributed by atoms with Crippen LogP contribution in [0.25, 0.3) is 0 Å². The molecule has 2 aromatic carbocycles. The Morgan fingerprint density at radius 1 is 1.12 bits per heavy atom. The number of aromatic nitrogens is 1. The number of halogens is 1. The number of hydrogen-bond donors (Lipinski definition) is 2. The fourth-order valence-electron chi connectivity index (χ4n) is 2.94. The second-order valence-electron chi connectivity index (χ2n) is 6.52. The highest BCUT2D eigenvalue weighted by Gasteiger charge is 2.21. The van der Waals surface area contributed by atoms with Crippen LogP contribution in [0.4, 0.5) is 21.9 Å². The van der Waals surface area contributed by atoms with Crippen molar-refractivity contribution in [2.45, 2.75) is 0 Å². The summed E-state index contributed by atoms with van der Waals surface area (Å²) in [6.07, 6.45) is 0.864. The number of amidine groups is 1. The number of benzene rings is 2. The number of non-ortho nitro benzene ring substituents is 1. The zero-order valence-electron chi connectivity index (χ0n) is 16.4. The molecule has 11 heteroatoms. The number of carbonyl (C=O) groups excluding carboxylic acids is 1. The summed E-state index contributed by atoms with van der Waals surface area (Å²) in [6, 6.07) is 16.6. The van der Waals surface area contributed by atoms with Crippen molar-refractivity contribution in [3.05, 3.63) is 92.7 Å². The van der Waals surface area contributed by atoms with E-state index in [2.05, 4.69) is 41.7 Å². The number of nitro groups is 1. The molecule has 0 saturated carbocycles. The van der Waals surface area contributed by atoms with Crippen LogP contribution >= 0.6 is 15.9 Å². The van der Waals surface area contributed by atoms with Gasteiger partial charge in [-0.25, -0.2) is 15.3 Å². The molecule has 1 aliphatic rings. The number of nitrogens with zero attached hydrogens (tertiary/aromatic N) is 4. The zero-order chi connectivity index (χ0) is 22.5. The average molecular weight is 495 g/mol. The summed E-state index contributed by atoms with van der Waals surface area (Å²) < 4.78 is 0.804. The first kappa shape index (κ1) is 21.1. The molecular weight excluding hydrogens is 480 g/mol. The van der Waals surface area contributed by atoms with Crippen LogP contribution in [-0.4, -0.2) is 34.1 Å². The minimum absolute atomic E-state index is 0.0402. The third-order valence-corrected chi connectivity index (χ3v) is 4.82. The van der Waals surface area contributed by atoms with Gasteiger partial charge in [0.25, 0.3) is 5.69 Å². The topological polar surface area (TPSA) is 131 Å². The summed E-state index contributed by atoms with van der Waals surface area (Å²) >= 11 is 3.33. The molecule has 0 fully saturated rings. The van der Waals surface area contributed by atoms with Gasteiger partial charge in [-0.15, -0.1) is 0 Å². The molecule has 1 amide bonds. The van der Waals surface area contributed by atoms with E-state index >= 15 is 0 Å². The lowest BCUT2D eigenvalue weighted by atomic mass is 10.0. The maximum absolute atomic E-state index is 12.1. The van der Waals surface area contributed by atoms with Gasteiger partial charge in [-0.3, -0.25) is 25.4 Å². The number of fused-ring (bicyclic) bond motifs is 1. The third-order valence-electron chi connectivity index (χ3n) is 4.33. The SMILES string of the molecule is O=C(Nc1cccc(Br)c1)ONC1=Nc2ccc([N+](=O)[O-])cc2C(c2ccccn2)=NC1. The average Bonchev–Trinajstić information content (AvgIpc) is 2.97. The van der Waals surface area contributed by atoms with Gasteiger partial charge in [0.15, 0.2) is 5.84 Å². The van der Waals surface area contributed by atoms with Gasteiger partial charge in [0, 0.05) is 34.1 Å². The van der Waals surface area contributed by atoms with Gasteiger partial charge in [-0.1, -0.05) is 28.1 Å². The summed E-state index contributed by atoms with van der Waals surface area (Å²) in [5, 5.41) is 13.8. The highest BCUT2D eigenvalue weighted by molar-refractivity contribution is 9.10. The van der Waals surface area contributed by atoms with Crippen LogP contribution in [0.2, 0.25) is 0 Å². The van der Waals surface area contributed by atoms with E-state index in [1.165, 1.54) is 18.2 Å². The quantitative estimate of drug-likeness (QED) is 0.410. The number of hydroxylamine groups is 1. The maximum Gasteiger partial charge on any atom is 0.435 e. The Morgan fingerprint density at radius 3 is 2.75 bits per heavy atom. The van der Waals surface area contributed by atoms with Crippen molar-refractivity contribution >= 4 is 50.6 Å². The molecule has 0 atom stereocenters. The molecular formula is C21H15BrN6O4. The van der Waals surface area contributed by atoms with Crippen LogP contribution in [0, 0.1) is 10.1 Å². The zero-order valence-corrected chi connectivity index (χ0v) is 17.9. The lowest BCUT2D eigenvalue weighted by Crippen LogP contribution is -2.31. The predicted octanol–water partition coefficient (Wildman–Crippen LogP) is 4.39. The van der Waals surface area contributed by atoms with Crippen molar-refractivity contribution in [1.82, 2.24) is 10.5 Å². The molecule has 0 radical (unpaired) electrons. The molecule has 32 heavy (non-hydrogen) atoms. The Morgan fingerprint density at radius 2 is 2.00 bits per heavy atom. The molecule has 4 rings (SSSR count). The van der Waals surface area contributed by atoms with E-state index in [0.29, 0.717) is 28.3 Å². The van der Waals surface area contributed by atoms with E-state index in [9.17, 15) is 14.9 Å². The molecule has 0 saturated heterocycles. The number of anilines is 1. The van der Waals surface area contributed by atoms with Gasteiger partial charge in [-0.05, 0) is 36.4 Å². The largest absolute Gasteiger partial charge is 0.435 e. The normalized spacial score (nSPS) is 12.5. The minimum Gasteiger partial charge on any atom is -0.323 e. The number of nitrogens with one attached hydrogen (secondary N) is 2. The molecule has 3 aromatic rings. The van der Waals surface area contributed by atoms with Crippen LogP contribution in [-0.2, 0) is 4.84 Å². The maximum atomic E-state index is 12.1. The van der Waals surface area contributed by atoms with Gasteiger partial charge >= 0.3 is 6.09 Å². The van der Waals surface area contributed by atoms with Crippen molar-refractivity contribution < 1.29 is 14.6 Å².